The van der Waals surface area contributed by atoms with Crippen molar-refractivity contribution in [1.82, 2.24) is 0 Å². The predicted octanol–water partition coefficient (Wildman–Crippen LogP) is 12.5. The summed E-state index contributed by atoms with van der Waals surface area (Å²) in [6.07, 6.45) is 18.7. The molecule has 1 fully saturated rings. The van der Waals surface area contributed by atoms with Gasteiger partial charge in [0.25, 0.3) is 0 Å². The summed E-state index contributed by atoms with van der Waals surface area (Å²) in [6.45, 7) is 11.2. The van der Waals surface area contributed by atoms with Crippen LogP contribution in [0.15, 0.2) is 97.1 Å². The first-order valence-corrected chi connectivity index (χ1v) is 22.4. The van der Waals surface area contributed by atoms with Crippen molar-refractivity contribution in [2.45, 2.75) is 149 Å². The van der Waals surface area contributed by atoms with Gasteiger partial charge in [0.1, 0.15) is 0 Å². The van der Waals surface area contributed by atoms with E-state index in [1.807, 2.05) is 60.7 Å². The van der Waals surface area contributed by atoms with Crippen LogP contribution in [0.4, 0.5) is 0 Å². The molecule has 51 heavy (non-hydrogen) atoms. The van der Waals surface area contributed by atoms with Gasteiger partial charge in [0.2, 0.25) is 0 Å². The van der Waals surface area contributed by atoms with Crippen LogP contribution in [0.5, 0.6) is 0 Å². The van der Waals surface area contributed by atoms with E-state index in [4.69, 9.17) is 9.05 Å². The summed E-state index contributed by atoms with van der Waals surface area (Å²) in [5, 5.41) is 1.41. The predicted molar refractivity (Wildman–Crippen MR) is 220 cm³/mol. The van der Waals surface area contributed by atoms with Crippen LogP contribution in [0, 0.1) is 0 Å². The number of benzene rings is 4. The number of rotatable bonds is 21. The van der Waals surface area contributed by atoms with E-state index >= 15 is 0 Å². The molecule has 1 heterocycles. The normalized spacial score (nSPS) is 18.6. The average molecular weight is 709 g/mol. The van der Waals surface area contributed by atoms with E-state index in [2.05, 4.69) is 71.0 Å². The van der Waals surface area contributed by atoms with Gasteiger partial charge in [0.05, 0.1) is 0 Å². The van der Waals surface area contributed by atoms with Crippen molar-refractivity contribution in [1.29, 1.82) is 0 Å². The van der Waals surface area contributed by atoms with Crippen molar-refractivity contribution in [3.63, 3.8) is 0 Å². The summed E-state index contributed by atoms with van der Waals surface area (Å²) in [5.41, 5.74) is 8.17. The maximum atomic E-state index is 13.1. The Morgan fingerprint density at radius 2 is 0.882 bits per heavy atom. The third-order valence-corrected chi connectivity index (χ3v) is 14.7. The van der Waals surface area contributed by atoms with Crippen LogP contribution >= 0.6 is 7.28 Å². The van der Waals surface area contributed by atoms with Crippen molar-refractivity contribution < 1.29 is 13.9 Å². The molecule has 0 amide bonds. The molecule has 0 saturated carbocycles. The van der Waals surface area contributed by atoms with E-state index in [0.29, 0.717) is 10.6 Å². The Morgan fingerprint density at radius 1 is 0.510 bits per heavy atom. The van der Waals surface area contributed by atoms with Gasteiger partial charge in [-0.25, -0.2) is 0 Å². The molecule has 4 aromatic carbocycles. The molecule has 0 aliphatic carbocycles. The van der Waals surface area contributed by atoms with Gasteiger partial charge in [0.15, 0.2) is 0 Å². The van der Waals surface area contributed by atoms with Crippen LogP contribution in [-0.4, -0.2) is 10.7 Å². The van der Waals surface area contributed by atoms with Crippen molar-refractivity contribution in [2.24, 2.45) is 0 Å². The van der Waals surface area contributed by atoms with E-state index in [1.54, 1.807) is 0 Å². The Kier molecular flexibility index (Phi) is 14.1. The van der Waals surface area contributed by atoms with E-state index in [-0.39, 0.29) is 5.92 Å². The van der Waals surface area contributed by atoms with E-state index in [0.717, 1.165) is 38.5 Å². The van der Waals surface area contributed by atoms with Gasteiger partial charge in [0, 0.05) is 0 Å². The molecule has 1 aliphatic rings. The standard InChI is InChI=1S/C47H65O3P/c1-6-10-16-24-38-32-34-44(40(36-38)26-18-12-8-3)46(45-35-33-39(25-17-11-7-2)37-41(45)27-19-13-9-4)47(5)49-51(48,50-47,42-28-20-14-21-29-42)43-30-22-15-23-31-43/h14-15,20-23,28-37,46,48H,6-13,16-19,24-27H2,1-5H3. The summed E-state index contributed by atoms with van der Waals surface area (Å²) >= 11 is 0. The van der Waals surface area contributed by atoms with Gasteiger partial charge in [-0.3, -0.25) is 0 Å². The third-order valence-electron chi connectivity index (χ3n) is 10.9. The molecule has 0 bridgehead atoms. The number of hydrogen-bond donors (Lipinski definition) is 1. The molecule has 0 radical (unpaired) electrons. The van der Waals surface area contributed by atoms with Gasteiger partial charge < -0.3 is 0 Å². The van der Waals surface area contributed by atoms with Gasteiger partial charge in [-0.1, -0.05) is 0 Å². The van der Waals surface area contributed by atoms with Gasteiger partial charge in [-0.2, -0.15) is 0 Å². The van der Waals surface area contributed by atoms with Crippen molar-refractivity contribution >= 4 is 17.9 Å². The van der Waals surface area contributed by atoms with Crippen LogP contribution in [0.3, 0.4) is 0 Å². The van der Waals surface area contributed by atoms with Crippen molar-refractivity contribution in [3.8, 4) is 0 Å². The average Bonchev–Trinajstić information content (AvgIpc) is 3.14. The third kappa shape index (κ3) is 9.05. The second-order valence-electron chi connectivity index (χ2n) is 15.1. The van der Waals surface area contributed by atoms with Gasteiger partial charge in [-0.15, -0.1) is 0 Å². The van der Waals surface area contributed by atoms with Crippen LogP contribution in [0.25, 0.3) is 0 Å². The maximum absolute atomic E-state index is 13.1. The summed E-state index contributed by atoms with van der Waals surface area (Å²) in [5.74, 6) is -1.31. The molecular weight excluding hydrogens is 643 g/mol. The molecule has 0 spiro atoms. The van der Waals surface area contributed by atoms with Crippen molar-refractivity contribution in [3.05, 3.63) is 130 Å². The molecule has 3 nitrogen and oxygen atoms in total. The molecular formula is C47H65O3P. The first-order chi connectivity index (χ1) is 24.8. The zero-order valence-corrected chi connectivity index (χ0v) is 33.2. The number of aryl methyl sites for hydroxylation is 4. The minimum absolute atomic E-state index is 0.213. The fourth-order valence-electron chi connectivity index (χ4n) is 8.17. The van der Waals surface area contributed by atoms with E-state index < -0.39 is 13.1 Å². The van der Waals surface area contributed by atoms with Crippen LogP contribution in [-0.2, 0) is 34.7 Å². The fraction of sp³-hybridized carbons (Fsp3) is 0.489. The summed E-state index contributed by atoms with van der Waals surface area (Å²) in [6, 6.07) is 34.1. The Bertz CT molecular complexity index is 1530. The second kappa shape index (κ2) is 18.3. The monoisotopic (exact) mass is 708 g/mol. The molecule has 5 rings (SSSR count). The molecule has 4 heteroatoms. The van der Waals surface area contributed by atoms with Gasteiger partial charge >= 0.3 is 311 Å². The Hall–Kier alpha value is -2.81. The molecule has 0 unspecified atom stereocenters. The first-order valence-electron chi connectivity index (χ1n) is 20.3. The second-order valence-corrected chi connectivity index (χ2v) is 18.3. The van der Waals surface area contributed by atoms with Gasteiger partial charge in [-0.05, 0) is 0 Å². The molecule has 276 valence electrons. The Morgan fingerprint density at radius 3 is 1.25 bits per heavy atom. The molecule has 0 aromatic heterocycles. The SMILES string of the molecule is CCCCCc1ccc(C(c2ccc(CCCCC)cc2CCCCC)C2(C)OP(O)(c3ccccc3)(c3ccccc3)O2)c(CCCCC)c1. The minimum atomic E-state index is -4.44. The molecule has 1 aliphatic heterocycles. The summed E-state index contributed by atoms with van der Waals surface area (Å²) in [4.78, 5) is 13.1. The Balaban J connectivity index is 1.68. The first kappa shape index (κ1) is 39.4. The molecule has 4 aromatic rings. The fourth-order valence-corrected chi connectivity index (χ4v) is 11.9. The zero-order valence-electron chi connectivity index (χ0n) is 32.3. The summed E-state index contributed by atoms with van der Waals surface area (Å²) in [7, 11) is -4.44. The molecule has 1 saturated heterocycles. The number of unbranched alkanes of at least 4 members (excludes halogenated alkanes) is 8. The molecule has 0 atom stereocenters. The van der Waals surface area contributed by atoms with E-state index in [1.165, 1.54) is 97.6 Å². The van der Waals surface area contributed by atoms with Crippen LogP contribution in [0.2, 0.25) is 0 Å². The quantitative estimate of drug-likeness (QED) is 0.0692. The van der Waals surface area contributed by atoms with Crippen molar-refractivity contribution in [2.75, 3.05) is 0 Å². The molecule has 1 N–H and O–H groups in total. The van der Waals surface area contributed by atoms with Crippen LogP contribution in [0.1, 0.15) is 151 Å². The summed E-state index contributed by atoms with van der Waals surface area (Å²) < 4.78 is 14.6. The zero-order chi connectivity index (χ0) is 36.2. The van der Waals surface area contributed by atoms with Crippen LogP contribution < -0.4 is 10.6 Å². The topological polar surface area (TPSA) is 38.7 Å². The van der Waals surface area contributed by atoms with E-state index in [9.17, 15) is 4.89 Å². The number of hydrogen-bond acceptors (Lipinski definition) is 3. The Labute approximate surface area is 310 Å².